The summed E-state index contributed by atoms with van der Waals surface area (Å²) >= 11 is 0. The number of hydrogen-bond donors (Lipinski definition) is 0. The summed E-state index contributed by atoms with van der Waals surface area (Å²) in [5.74, 6) is 0.760. The molecule has 22 heavy (non-hydrogen) atoms. The maximum absolute atomic E-state index is 12.5. The molecule has 1 amide bonds. The lowest BCUT2D eigenvalue weighted by Gasteiger charge is -2.53. The molecule has 1 aromatic rings. The van der Waals surface area contributed by atoms with Crippen molar-refractivity contribution in [2.24, 2.45) is 5.92 Å². The Kier molecular flexibility index (Phi) is 4.24. The molecule has 1 aromatic carbocycles. The molecule has 2 saturated heterocycles. The smallest absolute Gasteiger partial charge is 0.254 e. The molecule has 2 aliphatic rings. The van der Waals surface area contributed by atoms with Gasteiger partial charge >= 0.3 is 0 Å². The first-order valence-electron chi connectivity index (χ1n) is 8.12. The minimum atomic E-state index is -0.0672. The van der Waals surface area contributed by atoms with E-state index < -0.39 is 0 Å². The summed E-state index contributed by atoms with van der Waals surface area (Å²) in [5, 5.41) is 0. The number of hydrogen-bond acceptors (Lipinski definition) is 3. The van der Waals surface area contributed by atoms with Crippen molar-refractivity contribution in [2.45, 2.75) is 25.4 Å². The fourth-order valence-electron chi connectivity index (χ4n) is 3.58. The standard InChI is InChI=1S/C18H26N2O2/c1-14-5-4-6-16(9-14)17(21)20-12-18(13-20)8-7-15(11-22-18)10-19(2)3/h4-6,9,15H,7-8,10-13H2,1-3H3/t15-/m1/s1. The van der Waals surface area contributed by atoms with Gasteiger partial charge in [0.1, 0.15) is 5.60 Å². The first-order valence-corrected chi connectivity index (χ1v) is 8.12. The number of amides is 1. The quantitative estimate of drug-likeness (QED) is 0.858. The van der Waals surface area contributed by atoms with Crippen LogP contribution >= 0.6 is 0 Å². The molecule has 0 N–H and O–H groups in total. The Balaban J connectivity index is 1.53. The Bertz CT molecular complexity index is 540. The maximum atomic E-state index is 12.5. The molecule has 0 saturated carbocycles. The molecule has 0 aliphatic carbocycles. The zero-order valence-corrected chi connectivity index (χ0v) is 13.8. The monoisotopic (exact) mass is 302 g/mol. The molecule has 4 nitrogen and oxygen atoms in total. The van der Waals surface area contributed by atoms with Crippen molar-refractivity contribution in [3.05, 3.63) is 35.4 Å². The van der Waals surface area contributed by atoms with Gasteiger partial charge < -0.3 is 14.5 Å². The minimum Gasteiger partial charge on any atom is -0.371 e. The largest absolute Gasteiger partial charge is 0.371 e. The van der Waals surface area contributed by atoms with Crippen molar-refractivity contribution >= 4 is 5.91 Å². The molecule has 0 aromatic heterocycles. The SMILES string of the molecule is Cc1cccc(C(=O)N2CC3(CC[C@H](CN(C)C)CO3)C2)c1. The second kappa shape index (κ2) is 6.01. The lowest BCUT2D eigenvalue weighted by Crippen LogP contribution is -2.66. The van der Waals surface area contributed by atoms with Crippen molar-refractivity contribution in [3.63, 3.8) is 0 Å². The van der Waals surface area contributed by atoms with Crippen molar-refractivity contribution in [1.29, 1.82) is 0 Å². The van der Waals surface area contributed by atoms with E-state index >= 15 is 0 Å². The van der Waals surface area contributed by atoms with Crippen LogP contribution in [0.25, 0.3) is 0 Å². The highest BCUT2D eigenvalue weighted by molar-refractivity contribution is 5.95. The minimum absolute atomic E-state index is 0.0672. The zero-order valence-electron chi connectivity index (χ0n) is 13.8. The molecule has 3 rings (SSSR count). The van der Waals surface area contributed by atoms with Crippen molar-refractivity contribution in [2.75, 3.05) is 40.3 Å². The maximum Gasteiger partial charge on any atom is 0.254 e. The molecule has 2 fully saturated rings. The van der Waals surface area contributed by atoms with Crippen LogP contribution < -0.4 is 0 Å². The summed E-state index contributed by atoms with van der Waals surface area (Å²) in [5.41, 5.74) is 1.85. The van der Waals surface area contributed by atoms with E-state index in [4.69, 9.17) is 4.74 Å². The van der Waals surface area contributed by atoms with Gasteiger partial charge in [0.15, 0.2) is 0 Å². The lowest BCUT2D eigenvalue weighted by molar-refractivity contribution is -0.168. The van der Waals surface area contributed by atoms with Crippen molar-refractivity contribution in [3.8, 4) is 0 Å². The van der Waals surface area contributed by atoms with E-state index in [9.17, 15) is 4.79 Å². The molecule has 0 unspecified atom stereocenters. The summed E-state index contributed by atoms with van der Waals surface area (Å²) < 4.78 is 6.13. The Hall–Kier alpha value is -1.39. The number of carbonyl (C=O) groups is 1. The Labute approximate surface area is 133 Å². The van der Waals surface area contributed by atoms with Crippen LogP contribution in [0.3, 0.4) is 0 Å². The van der Waals surface area contributed by atoms with Gasteiger partial charge in [0.25, 0.3) is 5.91 Å². The summed E-state index contributed by atoms with van der Waals surface area (Å²) in [6, 6.07) is 7.82. The topological polar surface area (TPSA) is 32.8 Å². The van der Waals surface area contributed by atoms with E-state index in [1.165, 1.54) is 6.42 Å². The van der Waals surface area contributed by atoms with Crippen molar-refractivity contribution < 1.29 is 9.53 Å². The number of carbonyl (C=O) groups excluding carboxylic acids is 1. The van der Waals surface area contributed by atoms with Gasteiger partial charge in [-0.1, -0.05) is 17.7 Å². The van der Waals surface area contributed by atoms with Gasteiger partial charge in [0, 0.05) is 12.1 Å². The number of ether oxygens (including phenoxy) is 1. The fourth-order valence-corrected chi connectivity index (χ4v) is 3.58. The molecular weight excluding hydrogens is 276 g/mol. The molecule has 2 aliphatic heterocycles. The molecular formula is C18H26N2O2. The van der Waals surface area contributed by atoms with Gasteiger partial charge in [-0.25, -0.2) is 0 Å². The van der Waals surface area contributed by atoms with E-state index in [0.717, 1.165) is 43.8 Å². The molecule has 1 spiro atoms. The third-order valence-electron chi connectivity index (χ3n) is 4.77. The van der Waals surface area contributed by atoms with E-state index in [1.807, 2.05) is 36.1 Å². The molecule has 0 bridgehead atoms. The first kappa shape index (κ1) is 15.5. The van der Waals surface area contributed by atoms with Gasteiger partial charge in [0.05, 0.1) is 19.7 Å². The number of likely N-dealkylation sites (tertiary alicyclic amines) is 1. The van der Waals surface area contributed by atoms with Gasteiger partial charge in [-0.15, -0.1) is 0 Å². The second-order valence-corrected chi connectivity index (χ2v) is 7.19. The Morgan fingerprint density at radius 1 is 1.41 bits per heavy atom. The Morgan fingerprint density at radius 3 is 2.77 bits per heavy atom. The molecule has 0 radical (unpaired) electrons. The van der Waals surface area contributed by atoms with Crippen LogP contribution in [0.4, 0.5) is 0 Å². The van der Waals surface area contributed by atoms with Crippen LogP contribution in [0, 0.1) is 12.8 Å². The number of nitrogens with zero attached hydrogens (tertiary/aromatic N) is 2. The van der Waals surface area contributed by atoms with Gasteiger partial charge in [-0.2, -0.15) is 0 Å². The van der Waals surface area contributed by atoms with E-state index in [0.29, 0.717) is 5.92 Å². The van der Waals surface area contributed by atoms with Crippen LogP contribution in [0.15, 0.2) is 24.3 Å². The average Bonchev–Trinajstić information content (AvgIpc) is 2.44. The van der Waals surface area contributed by atoms with E-state index in [-0.39, 0.29) is 11.5 Å². The molecule has 2 heterocycles. The first-order chi connectivity index (χ1) is 10.5. The second-order valence-electron chi connectivity index (χ2n) is 7.19. The Morgan fingerprint density at radius 2 is 2.18 bits per heavy atom. The molecule has 1 atom stereocenters. The summed E-state index contributed by atoms with van der Waals surface area (Å²) in [6.07, 6.45) is 2.27. The van der Waals surface area contributed by atoms with Crippen LogP contribution in [-0.4, -0.2) is 61.6 Å². The summed E-state index contributed by atoms with van der Waals surface area (Å²) in [7, 11) is 4.21. The van der Waals surface area contributed by atoms with Gasteiger partial charge in [0.2, 0.25) is 0 Å². The third kappa shape index (κ3) is 3.18. The predicted molar refractivity (Wildman–Crippen MR) is 87.0 cm³/mol. The van der Waals surface area contributed by atoms with Gasteiger partial charge in [-0.05, 0) is 51.9 Å². The number of aryl methyl sites for hydroxylation is 1. The summed E-state index contributed by atoms with van der Waals surface area (Å²) in [6.45, 7) is 5.42. The number of benzene rings is 1. The average molecular weight is 302 g/mol. The third-order valence-corrected chi connectivity index (χ3v) is 4.77. The van der Waals surface area contributed by atoms with Crippen LogP contribution in [0.2, 0.25) is 0 Å². The highest BCUT2D eigenvalue weighted by Gasteiger charge is 2.48. The highest BCUT2D eigenvalue weighted by atomic mass is 16.5. The zero-order chi connectivity index (χ0) is 15.7. The molecule has 4 heteroatoms. The molecule has 120 valence electrons. The van der Waals surface area contributed by atoms with Crippen LogP contribution in [0.5, 0.6) is 0 Å². The normalized spacial score (nSPS) is 23.6. The number of rotatable bonds is 3. The van der Waals surface area contributed by atoms with E-state index in [2.05, 4.69) is 19.0 Å². The predicted octanol–water partition coefficient (Wildman–Crippen LogP) is 2.18. The highest BCUT2D eigenvalue weighted by Crippen LogP contribution is 2.36. The van der Waals surface area contributed by atoms with Gasteiger partial charge in [-0.3, -0.25) is 4.79 Å². The van der Waals surface area contributed by atoms with Crippen LogP contribution in [-0.2, 0) is 4.74 Å². The lowest BCUT2D eigenvalue weighted by atomic mass is 9.82. The summed E-state index contributed by atoms with van der Waals surface area (Å²) in [4.78, 5) is 16.6. The van der Waals surface area contributed by atoms with Crippen molar-refractivity contribution in [1.82, 2.24) is 9.80 Å². The fraction of sp³-hybridized carbons (Fsp3) is 0.611. The van der Waals surface area contributed by atoms with Crippen LogP contribution in [0.1, 0.15) is 28.8 Å². The van der Waals surface area contributed by atoms with E-state index in [1.54, 1.807) is 0 Å².